The Balaban J connectivity index is 3.23. The van der Waals surface area contributed by atoms with E-state index in [9.17, 15) is 9.59 Å². The van der Waals surface area contributed by atoms with Crippen molar-refractivity contribution < 1.29 is 19.1 Å². The van der Waals surface area contributed by atoms with Crippen LogP contribution in [0.1, 0.15) is 40.5 Å². The molecule has 0 radical (unpaired) electrons. The minimum absolute atomic E-state index is 0.0931. The molecule has 1 aliphatic rings. The van der Waals surface area contributed by atoms with Crippen LogP contribution in [0, 0.1) is 5.92 Å². The second-order valence-corrected chi connectivity index (χ2v) is 6.81. The van der Waals surface area contributed by atoms with E-state index in [0.717, 1.165) is 12.8 Å². The van der Waals surface area contributed by atoms with Crippen LogP contribution in [0.15, 0.2) is 11.3 Å². The number of hydrogen-bond acceptors (Lipinski definition) is 6. The van der Waals surface area contributed by atoms with Crippen molar-refractivity contribution in [2.24, 2.45) is 11.7 Å². The van der Waals surface area contributed by atoms with Gasteiger partial charge in [-0.25, -0.2) is 9.59 Å². The lowest BCUT2D eigenvalue weighted by atomic mass is 9.74. The summed E-state index contributed by atoms with van der Waals surface area (Å²) in [4.78, 5) is 23.7. The molecular formula is C15H26N2O4. The van der Waals surface area contributed by atoms with Gasteiger partial charge in [0, 0.05) is 22.7 Å². The summed E-state index contributed by atoms with van der Waals surface area (Å²) >= 11 is 0. The summed E-state index contributed by atoms with van der Waals surface area (Å²) in [6.07, 6.45) is 1.44. The van der Waals surface area contributed by atoms with Gasteiger partial charge in [0.15, 0.2) is 5.57 Å². The van der Waals surface area contributed by atoms with E-state index in [0.29, 0.717) is 0 Å². The van der Waals surface area contributed by atoms with Gasteiger partial charge in [-0.05, 0) is 40.5 Å². The lowest BCUT2D eigenvalue weighted by Crippen LogP contribution is -2.58. The molecule has 0 aliphatic carbocycles. The van der Waals surface area contributed by atoms with Crippen LogP contribution >= 0.6 is 0 Å². The van der Waals surface area contributed by atoms with E-state index in [2.05, 4.69) is 42.5 Å². The van der Waals surface area contributed by atoms with Crippen LogP contribution in [-0.4, -0.2) is 37.2 Å². The molecule has 6 nitrogen and oxygen atoms in total. The van der Waals surface area contributed by atoms with E-state index in [1.54, 1.807) is 0 Å². The minimum Gasteiger partial charge on any atom is -0.465 e. The first-order valence-electron chi connectivity index (χ1n) is 6.98. The van der Waals surface area contributed by atoms with Crippen LogP contribution in [0.4, 0.5) is 0 Å². The van der Waals surface area contributed by atoms with Gasteiger partial charge in [0.2, 0.25) is 0 Å². The summed E-state index contributed by atoms with van der Waals surface area (Å²) in [6.45, 7) is 8.29. The minimum atomic E-state index is -0.756. The smallest absolute Gasteiger partial charge is 0.347 e. The second-order valence-electron chi connectivity index (χ2n) is 6.81. The van der Waals surface area contributed by atoms with Crippen molar-refractivity contribution in [1.82, 2.24) is 5.32 Å². The number of carbonyl (C=O) groups excluding carboxylic acids is 2. The molecule has 3 N–H and O–H groups in total. The topological polar surface area (TPSA) is 90.7 Å². The highest BCUT2D eigenvalue weighted by Gasteiger charge is 2.40. The van der Waals surface area contributed by atoms with Gasteiger partial charge in [0.05, 0.1) is 14.2 Å². The first-order valence-corrected chi connectivity index (χ1v) is 6.98. The Morgan fingerprint density at radius 3 is 1.71 bits per heavy atom. The Labute approximate surface area is 126 Å². The number of nitrogens with one attached hydrogen (secondary N) is 1. The van der Waals surface area contributed by atoms with Crippen LogP contribution in [0.5, 0.6) is 0 Å². The highest BCUT2D eigenvalue weighted by atomic mass is 16.5. The Morgan fingerprint density at radius 1 is 1.00 bits per heavy atom. The van der Waals surface area contributed by atoms with Crippen molar-refractivity contribution in [3.05, 3.63) is 11.3 Å². The Kier molecular flexibility index (Phi) is 5.04. The van der Waals surface area contributed by atoms with Gasteiger partial charge in [-0.2, -0.15) is 0 Å². The first kappa shape index (κ1) is 17.5. The predicted molar refractivity (Wildman–Crippen MR) is 79.3 cm³/mol. The standard InChI is InChI=1S/C15H26N2O4/c1-14(2)7-9(8-15(3,4)17-14)11(16)10(12(18)20-5)13(19)21-6/h9,17H,7-8,16H2,1-6H3. The van der Waals surface area contributed by atoms with E-state index in [4.69, 9.17) is 5.73 Å². The molecule has 6 heteroatoms. The molecule has 1 heterocycles. The zero-order chi connectivity index (χ0) is 16.4. The number of allylic oxidation sites excluding steroid dienone is 1. The maximum Gasteiger partial charge on any atom is 0.347 e. The summed E-state index contributed by atoms with van der Waals surface area (Å²) in [5.41, 5.74) is 5.90. The summed E-state index contributed by atoms with van der Waals surface area (Å²) in [5, 5.41) is 3.53. The third kappa shape index (κ3) is 4.20. The molecule has 1 fully saturated rings. The van der Waals surface area contributed by atoms with E-state index in [1.807, 2.05) is 0 Å². The van der Waals surface area contributed by atoms with Crippen LogP contribution in [0.25, 0.3) is 0 Å². The molecule has 0 atom stereocenters. The summed E-state index contributed by atoms with van der Waals surface area (Å²) in [5.74, 6) is -1.61. The Morgan fingerprint density at radius 2 is 1.38 bits per heavy atom. The van der Waals surface area contributed by atoms with Gasteiger partial charge in [-0.1, -0.05) is 0 Å². The maximum atomic E-state index is 11.8. The van der Waals surface area contributed by atoms with Gasteiger partial charge < -0.3 is 20.5 Å². The zero-order valence-electron chi connectivity index (χ0n) is 13.7. The first-order chi connectivity index (χ1) is 9.53. The number of rotatable bonds is 3. The van der Waals surface area contributed by atoms with Crippen molar-refractivity contribution in [3.63, 3.8) is 0 Å². The van der Waals surface area contributed by atoms with Gasteiger partial charge >= 0.3 is 11.9 Å². The lowest BCUT2D eigenvalue weighted by molar-refractivity contribution is -0.144. The molecule has 1 saturated heterocycles. The molecule has 21 heavy (non-hydrogen) atoms. The number of esters is 2. The SMILES string of the molecule is COC(=O)C(C(=O)OC)=C(N)C1CC(C)(C)NC(C)(C)C1. The molecule has 120 valence electrons. The van der Waals surface area contributed by atoms with E-state index in [1.165, 1.54) is 14.2 Å². The number of hydrogen-bond donors (Lipinski definition) is 2. The number of ether oxygens (including phenoxy) is 2. The van der Waals surface area contributed by atoms with Gasteiger partial charge in [0.25, 0.3) is 0 Å². The summed E-state index contributed by atoms with van der Waals surface area (Å²) in [7, 11) is 2.43. The van der Waals surface area contributed by atoms with E-state index >= 15 is 0 Å². The van der Waals surface area contributed by atoms with Gasteiger partial charge in [-0.3, -0.25) is 0 Å². The normalized spacial score (nSPS) is 20.5. The molecule has 0 bridgehead atoms. The largest absolute Gasteiger partial charge is 0.465 e. The number of carbonyl (C=O) groups is 2. The van der Waals surface area contributed by atoms with E-state index in [-0.39, 0.29) is 28.3 Å². The molecule has 1 aliphatic heterocycles. The molecule has 0 saturated carbocycles. The van der Waals surface area contributed by atoms with Crippen molar-refractivity contribution in [2.45, 2.75) is 51.6 Å². The van der Waals surface area contributed by atoms with Crippen molar-refractivity contribution in [2.75, 3.05) is 14.2 Å². The molecule has 0 unspecified atom stereocenters. The molecule has 0 amide bonds. The molecule has 0 aromatic heterocycles. The monoisotopic (exact) mass is 298 g/mol. The summed E-state index contributed by atoms with van der Waals surface area (Å²) < 4.78 is 9.32. The molecular weight excluding hydrogens is 272 g/mol. The average Bonchev–Trinajstić information content (AvgIpc) is 2.34. The van der Waals surface area contributed by atoms with E-state index < -0.39 is 11.9 Å². The van der Waals surface area contributed by atoms with Crippen LogP contribution in [0.3, 0.4) is 0 Å². The third-order valence-corrected chi connectivity index (χ3v) is 3.70. The van der Waals surface area contributed by atoms with Crippen molar-refractivity contribution >= 4 is 11.9 Å². The highest BCUT2D eigenvalue weighted by Crippen LogP contribution is 2.36. The average molecular weight is 298 g/mol. The Hall–Kier alpha value is -1.56. The van der Waals surface area contributed by atoms with Crippen molar-refractivity contribution in [1.29, 1.82) is 0 Å². The van der Waals surface area contributed by atoms with Crippen LogP contribution < -0.4 is 11.1 Å². The number of nitrogens with two attached hydrogens (primary N) is 1. The lowest BCUT2D eigenvalue weighted by Gasteiger charge is -2.46. The van der Waals surface area contributed by atoms with Crippen LogP contribution in [0.2, 0.25) is 0 Å². The third-order valence-electron chi connectivity index (χ3n) is 3.70. The number of methoxy groups -OCH3 is 2. The zero-order valence-corrected chi connectivity index (χ0v) is 13.7. The fraction of sp³-hybridized carbons (Fsp3) is 0.733. The number of piperidine rings is 1. The summed E-state index contributed by atoms with van der Waals surface area (Å²) in [6, 6.07) is 0. The fourth-order valence-electron chi connectivity index (χ4n) is 3.27. The molecule has 0 aromatic carbocycles. The van der Waals surface area contributed by atoms with Crippen LogP contribution in [-0.2, 0) is 19.1 Å². The van der Waals surface area contributed by atoms with Gasteiger partial charge in [0.1, 0.15) is 0 Å². The Bertz CT molecular complexity index is 432. The maximum absolute atomic E-state index is 11.8. The van der Waals surface area contributed by atoms with Gasteiger partial charge in [-0.15, -0.1) is 0 Å². The highest BCUT2D eigenvalue weighted by molar-refractivity contribution is 6.14. The fourth-order valence-corrected chi connectivity index (χ4v) is 3.27. The molecule has 0 aromatic rings. The quantitative estimate of drug-likeness (QED) is 0.351. The molecule has 1 rings (SSSR count). The van der Waals surface area contributed by atoms with Crippen molar-refractivity contribution in [3.8, 4) is 0 Å². The molecule has 0 spiro atoms. The predicted octanol–water partition coefficient (Wildman–Crippen LogP) is 1.10. The second kappa shape index (κ2) is 6.05.